The number of rotatable bonds is 3. The number of carbonyl (C=O) groups is 1. The minimum absolute atomic E-state index is 0.264. The number of aliphatic hydroxyl groups is 1. The van der Waals surface area contributed by atoms with Crippen LogP contribution in [0.2, 0.25) is 0 Å². The molecule has 3 nitrogen and oxygen atoms in total. The van der Waals surface area contributed by atoms with Crippen molar-refractivity contribution in [3.05, 3.63) is 35.9 Å². The second-order valence-electron chi connectivity index (χ2n) is 3.43. The van der Waals surface area contributed by atoms with Gasteiger partial charge in [0.1, 0.15) is 0 Å². The molecule has 0 saturated carbocycles. The fourth-order valence-electron chi connectivity index (χ4n) is 1.29. The van der Waals surface area contributed by atoms with Crippen LogP contribution in [0.1, 0.15) is 12.5 Å². The summed E-state index contributed by atoms with van der Waals surface area (Å²) >= 11 is 0. The molecule has 0 amide bonds. The molecular formula is C11H14O3. The number of hydrogen-bond donors (Lipinski definition) is 1. The van der Waals surface area contributed by atoms with E-state index in [0.717, 1.165) is 5.56 Å². The molecule has 0 fully saturated rings. The van der Waals surface area contributed by atoms with Gasteiger partial charge in [0.15, 0.2) is 5.60 Å². The highest BCUT2D eigenvalue weighted by molar-refractivity contribution is 5.78. The van der Waals surface area contributed by atoms with E-state index >= 15 is 0 Å². The average Bonchev–Trinajstić information content (AvgIpc) is 2.17. The van der Waals surface area contributed by atoms with Crippen molar-refractivity contribution in [1.29, 1.82) is 0 Å². The van der Waals surface area contributed by atoms with Gasteiger partial charge in [0.05, 0.1) is 7.11 Å². The Bertz CT molecular complexity index is 304. The third kappa shape index (κ3) is 2.57. The van der Waals surface area contributed by atoms with E-state index < -0.39 is 11.6 Å². The lowest BCUT2D eigenvalue weighted by atomic mass is 9.97. The van der Waals surface area contributed by atoms with E-state index in [-0.39, 0.29) is 6.42 Å². The van der Waals surface area contributed by atoms with Gasteiger partial charge in [-0.3, -0.25) is 0 Å². The second kappa shape index (κ2) is 4.24. The van der Waals surface area contributed by atoms with Gasteiger partial charge in [-0.1, -0.05) is 30.3 Å². The summed E-state index contributed by atoms with van der Waals surface area (Å²) in [5.74, 6) is -0.610. The Morgan fingerprint density at radius 1 is 1.43 bits per heavy atom. The van der Waals surface area contributed by atoms with Gasteiger partial charge >= 0.3 is 5.97 Å². The Kier molecular flexibility index (Phi) is 3.25. The minimum atomic E-state index is -1.45. The molecule has 1 rings (SSSR count). The second-order valence-corrected chi connectivity index (χ2v) is 3.43. The van der Waals surface area contributed by atoms with Crippen LogP contribution in [0, 0.1) is 0 Å². The first-order valence-corrected chi connectivity index (χ1v) is 4.41. The Labute approximate surface area is 83.3 Å². The molecule has 0 bridgehead atoms. The fraction of sp³-hybridized carbons (Fsp3) is 0.364. The van der Waals surface area contributed by atoms with Crippen molar-refractivity contribution >= 4 is 5.97 Å². The predicted octanol–water partition coefficient (Wildman–Crippen LogP) is 1.15. The molecule has 1 aromatic carbocycles. The molecule has 1 unspecified atom stereocenters. The molecule has 0 aliphatic rings. The van der Waals surface area contributed by atoms with E-state index in [0.29, 0.717) is 0 Å². The maximum atomic E-state index is 11.2. The Morgan fingerprint density at radius 3 is 2.50 bits per heavy atom. The maximum Gasteiger partial charge on any atom is 0.337 e. The quantitative estimate of drug-likeness (QED) is 0.734. The predicted molar refractivity (Wildman–Crippen MR) is 52.8 cm³/mol. The normalized spacial score (nSPS) is 14.5. The Hall–Kier alpha value is -1.35. The summed E-state index contributed by atoms with van der Waals surface area (Å²) in [5, 5.41) is 9.76. The number of hydrogen-bond acceptors (Lipinski definition) is 3. The molecule has 3 heteroatoms. The zero-order chi connectivity index (χ0) is 10.6. The smallest absolute Gasteiger partial charge is 0.337 e. The summed E-state index contributed by atoms with van der Waals surface area (Å²) in [6.45, 7) is 1.45. The lowest BCUT2D eigenvalue weighted by molar-refractivity contribution is -0.160. The molecule has 76 valence electrons. The highest BCUT2D eigenvalue weighted by atomic mass is 16.5. The molecule has 0 aromatic heterocycles. The molecular weight excluding hydrogens is 180 g/mol. The molecule has 1 N–H and O–H groups in total. The first-order valence-electron chi connectivity index (χ1n) is 4.41. The van der Waals surface area contributed by atoms with Crippen molar-refractivity contribution in [3.63, 3.8) is 0 Å². The highest BCUT2D eigenvalue weighted by Gasteiger charge is 2.31. The Morgan fingerprint density at radius 2 is 2.00 bits per heavy atom. The van der Waals surface area contributed by atoms with Crippen LogP contribution >= 0.6 is 0 Å². The topological polar surface area (TPSA) is 46.5 Å². The summed E-state index contributed by atoms with van der Waals surface area (Å²) in [4.78, 5) is 11.2. The largest absolute Gasteiger partial charge is 0.467 e. The molecule has 14 heavy (non-hydrogen) atoms. The lowest BCUT2D eigenvalue weighted by Gasteiger charge is -2.19. The zero-order valence-corrected chi connectivity index (χ0v) is 8.36. The van der Waals surface area contributed by atoms with E-state index in [4.69, 9.17) is 0 Å². The van der Waals surface area contributed by atoms with E-state index in [2.05, 4.69) is 4.74 Å². The summed E-state index contributed by atoms with van der Waals surface area (Å²) in [6, 6.07) is 9.33. The number of ether oxygens (including phenoxy) is 1. The van der Waals surface area contributed by atoms with Crippen molar-refractivity contribution < 1.29 is 14.6 Å². The maximum absolute atomic E-state index is 11.2. The summed E-state index contributed by atoms with van der Waals surface area (Å²) in [5.41, 5.74) is -0.543. The average molecular weight is 194 g/mol. The number of esters is 1. The van der Waals surface area contributed by atoms with Crippen molar-refractivity contribution in [2.45, 2.75) is 18.9 Å². The molecule has 0 heterocycles. The third-order valence-corrected chi connectivity index (χ3v) is 2.02. The van der Waals surface area contributed by atoms with Crippen molar-refractivity contribution in [2.24, 2.45) is 0 Å². The molecule has 0 aliphatic heterocycles. The van der Waals surface area contributed by atoms with Crippen LogP contribution in [0.15, 0.2) is 30.3 Å². The van der Waals surface area contributed by atoms with E-state index in [1.807, 2.05) is 30.3 Å². The molecule has 1 atom stereocenters. The van der Waals surface area contributed by atoms with Crippen molar-refractivity contribution in [1.82, 2.24) is 0 Å². The third-order valence-electron chi connectivity index (χ3n) is 2.02. The van der Waals surface area contributed by atoms with Gasteiger partial charge in [-0.15, -0.1) is 0 Å². The molecule has 0 radical (unpaired) electrons. The fourth-order valence-corrected chi connectivity index (χ4v) is 1.29. The van der Waals surface area contributed by atoms with Crippen LogP contribution < -0.4 is 0 Å². The first kappa shape index (κ1) is 10.7. The van der Waals surface area contributed by atoms with Gasteiger partial charge < -0.3 is 9.84 Å². The van der Waals surface area contributed by atoms with E-state index in [1.165, 1.54) is 14.0 Å². The van der Waals surface area contributed by atoms with Gasteiger partial charge in [-0.25, -0.2) is 4.79 Å². The van der Waals surface area contributed by atoms with Crippen LogP contribution in [-0.2, 0) is 16.0 Å². The monoisotopic (exact) mass is 194 g/mol. The van der Waals surface area contributed by atoms with Gasteiger partial charge in [0, 0.05) is 6.42 Å². The summed E-state index contributed by atoms with van der Waals surface area (Å²) in [7, 11) is 1.27. The molecule has 0 spiro atoms. The summed E-state index contributed by atoms with van der Waals surface area (Å²) in [6.07, 6.45) is 0.264. The first-order chi connectivity index (χ1) is 6.56. The van der Waals surface area contributed by atoms with Crippen LogP contribution in [0.5, 0.6) is 0 Å². The van der Waals surface area contributed by atoms with Gasteiger partial charge in [0.25, 0.3) is 0 Å². The SMILES string of the molecule is COC(=O)C(C)(O)Cc1ccccc1. The van der Waals surface area contributed by atoms with Gasteiger partial charge in [0.2, 0.25) is 0 Å². The van der Waals surface area contributed by atoms with E-state index in [1.54, 1.807) is 0 Å². The number of methoxy groups -OCH3 is 1. The van der Waals surface area contributed by atoms with Crippen LogP contribution in [-0.4, -0.2) is 23.8 Å². The Balaban J connectivity index is 2.73. The van der Waals surface area contributed by atoms with Crippen LogP contribution in [0.3, 0.4) is 0 Å². The minimum Gasteiger partial charge on any atom is -0.467 e. The molecule has 1 aromatic rings. The van der Waals surface area contributed by atoms with Crippen LogP contribution in [0.25, 0.3) is 0 Å². The molecule has 0 saturated heterocycles. The molecule has 0 aliphatic carbocycles. The van der Waals surface area contributed by atoms with Crippen molar-refractivity contribution in [3.8, 4) is 0 Å². The zero-order valence-electron chi connectivity index (χ0n) is 8.36. The highest BCUT2D eigenvalue weighted by Crippen LogP contribution is 2.14. The van der Waals surface area contributed by atoms with Crippen LogP contribution in [0.4, 0.5) is 0 Å². The standard InChI is InChI=1S/C11H14O3/c1-11(13,10(12)14-2)8-9-6-4-3-5-7-9/h3-7,13H,8H2,1-2H3. The van der Waals surface area contributed by atoms with Crippen molar-refractivity contribution in [2.75, 3.05) is 7.11 Å². The lowest BCUT2D eigenvalue weighted by Crippen LogP contribution is -2.38. The number of carbonyl (C=O) groups excluding carboxylic acids is 1. The summed E-state index contributed by atoms with van der Waals surface area (Å²) < 4.78 is 4.50. The van der Waals surface area contributed by atoms with E-state index in [9.17, 15) is 9.90 Å². The number of benzene rings is 1. The van der Waals surface area contributed by atoms with Gasteiger partial charge in [-0.05, 0) is 12.5 Å². The van der Waals surface area contributed by atoms with Gasteiger partial charge in [-0.2, -0.15) is 0 Å².